The number of carbonyl (C=O) groups is 1. The largest absolute Gasteiger partial charge is 0.442 e. The van der Waals surface area contributed by atoms with Crippen molar-refractivity contribution >= 4 is 17.6 Å². The zero-order chi connectivity index (χ0) is 27.2. The van der Waals surface area contributed by atoms with Crippen LogP contribution in [0.1, 0.15) is 23.8 Å². The topological polar surface area (TPSA) is 135 Å². The Morgan fingerprint density at radius 1 is 1.16 bits per heavy atom. The molecule has 0 amide bonds. The van der Waals surface area contributed by atoms with Gasteiger partial charge in [-0.3, -0.25) is 14.2 Å². The molecule has 202 valence electrons. The maximum absolute atomic E-state index is 14.5. The molecule has 3 N–H and O–H groups in total. The minimum atomic E-state index is -1.26. The number of aliphatic hydroxyl groups excluding tert-OH is 1. The van der Waals surface area contributed by atoms with Crippen molar-refractivity contribution in [2.75, 3.05) is 6.61 Å². The summed E-state index contributed by atoms with van der Waals surface area (Å²) in [6.07, 6.45) is -1.45. The van der Waals surface area contributed by atoms with E-state index in [-0.39, 0.29) is 19.4 Å². The number of aliphatic hydroxyl groups is 1. The van der Waals surface area contributed by atoms with E-state index < -0.39 is 60.9 Å². The highest BCUT2D eigenvalue weighted by Gasteiger charge is 2.37. The maximum atomic E-state index is 14.5. The number of nitrogens with zero attached hydrogens (tertiary/aromatic N) is 2. The third-order valence-corrected chi connectivity index (χ3v) is 6.39. The Bertz CT molecular complexity index is 1360. The van der Waals surface area contributed by atoms with E-state index in [0.717, 1.165) is 21.9 Å². The third-order valence-electron chi connectivity index (χ3n) is 6.14. The third kappa shape index (κ3) is 6.55. The Labute approximate surface area is 221 Å². The summed E-state index contributed by atoms with van der Waals surface area (Å²) < 4.78 is 32.5. The van der Waals surface area contributed by atoms with Crippen LogP contribution in [0.5, 0.6) is 0 Å². The van der Waals surface area contributed by atoms with Crippen molar-refractivity contribution in [2.24, 2.45) is 5.73 Å². The predicted octanol–water partition coefficient (Wildman–Crippen LogP) is 1.74. The average molecular weight is 548 g/mol. The monoisotopic (exact) mass is 547 g/mol. The van der Waals surface area contributed by atoms with E-state index >= 15 is 0 Å². The fraction of sp³-hybridized carbons (Fsp3) is 0.346. The molecule has 12 heteroatoms. The highest BCUT2D eigenvalue weighted by atomic mass is 35.5. The molecule has 1 fully saturated rings. The molecule has 2 aromatic carbocycles. The maximum Gasteiger partial charge on any atom is 0.336 e. The number of hydrogen-bond donors (Lipinski definition) is 2. The first-order chi connectivity index (χ1) is 18.3. The van der Waals surface area contributed by atoms with Gasteiger partial charge in [-0.2, -0.15) is 4.39 Å². The normalized spacial score (nSPS) is 19.8. The van der Waals surface area contributed by atoms with E-state index in [1.54, 1.807) is 48.5 Å². The fourth-order valence-corrected chi connectivity index (χ4v) is 4.21. The van der Waals surface area contributed by atoms with Crippen LogP contribution in [0.2, 0.25) is 5.02 Å². The lowest BCUT2D eigenvalue weighted by Gasteiger charge is -2.17. The molecule has 0 bridgehead atoms. The van der Waals surface area contributed by atoms with Crippen molar-refractivity contribution in [1.29, 1.82) is 0 Å². The Morgan fingerprint density at radius 2 is 1.87 bits per heavy atom. The van der Waals surface area contributed by atoms with Crippen molar-refractivity contribution in [3.63, 3.8) is 0 Å². The summed E-state index contributed by atoms with van der Waals surface area (Å²) in [5, 5.41) is 10.3. The molecule has 10 nitrogen and oxygen atoms in total. The van der Waals surface area contributed by atoms with Crippen molar-refractivity contribution in [3.05, 3.63) is 104 Å². The number of ether oxygens (including phenoxy) is 3. The van der Waals surface area contributed by atoms with E-state index in [1.165, 1.54) is 0 Å². The average Bonchev–Trinajstić information content (AvgIpc) is 3.33. The Kier molecular flexibility index (Phi) is 9.08. The van der Waals surface area contributed by atoms with Crippen molar-refractivity contribution in [1.82, 2.24) is 9.13 Å². The lowest BCUT2D eigenvalue weighted by molar-refractivity contribution is -0.149. The van der Waals surface area contributed by atoms with Gasteiger partial charge in [-0.1, -0.05) is 54.1 Å². The first-order valence-corrected chi connectivity index (χ1v) is 12.2. The number of esters is 1. The van der Waals surface area contributed by atoms with Gasteiger partial charge in [-0.25, -0.2) is 9.36 Å². The molecule has 0 saturated carbocycles. The van der Waals surface area contributed by atoms with Crippen molar-refractivity contribution in [2.45, 2.75) is 50.7 Å². The number of halogens is 2. The molecule has 0 radical (unpaired) electrons. The highest BCUT2D eigenvalue weighted by Crippen LogP contribution is 2.30. The van der Waals surface area contributed by atoms with Crippen LogP contribution in [-0.4, -0.2) is 45.1 Å². The van der Waals surface area contributed by atoms with Crippen molar-refractivity contribution < 1.29 is 28.5 Å². The number of carbonyl (C=O) groups excluding carboxylic acids is 1. The molecule has 38 heavy (non-hydrogen) atoms. The van der Waals surface area contributed by atoms with E-state index in [9.17, 15) is 23.9 Å². The molecule has 0 unspecified atom stereocenters. The van der Waals surface area contributed by atoms with E-state index in [1.807, 2.05) is 6.07 Å². The van der Waals surface area contributed by atoms with Gasteiger partial charge in [0.1, 0.15) is 18.4 Å². The molecule has 0 aliphatic carbocycles. The minimum absolute atomic E-state index is 0.0953. The Balaban J connectivity index is 1.45. The summed E-state index contributed by atoms with van der Waals surface area (Å²) in [5.41, 5.74) is 5.30. The summed E-state index contributed by atoms with van der Waals surface area (Å²) in [5.74, 6) is -2.10. The van der Waals surface area contributed by atoms with Gasteiger partial charge in [0.25, 0.3) is 5.56 Å². The molecule has 1 aliphatic heterocycles. The first kappa shape index (κ1) is 27.7. The first-order valence-electron chi connectivity index (χ1n) is 11.9. The number of rotatable bonds is 10. The second-order valence-corrected chi connectivity index (χ2v) is 9.25. The van der Waals surface area contributed by atoms with Crippen LogP contribution < -0.4 is 17.0 Å². The van der Waals surface area contributed by atoms with Crippen molar-refractivity contribution in [3.8, 4) is 0 Å². The summed E-state index contributed by atoms with van der Waals surface area (Å²) in [7, 11) is 0. The number of benzene rings is 2. The standard InChI is InChI=1S/C26H27ClFN3O7/c27-18-8-6-17(7-9-18)14-36-21-11-23(38-22(21)13-32)30-12-19(28)24(33)31(26(30)35)15-37-25(34)20(29)10-16-4-2-1-3-5-16/h1-9,12,20-23,32H,10-11,13-15,29H2/t20-,21-,22+,23+/m0/s1. The van der Waals surface area contributed by atoms with E-state index in [2.05, 4.69) is 0 Å². The van der Waals surface area contributed by atoms with Crippen LogP contribution in [0.4, 0.5) is 4.39 Å². The van der Waals surface area contributed by atoms with Gasteiger partial charge in [0.2, 0.25) is 5.82 Å². The molecule has 0 spiro atoms. The van der Waals surface area contributed by atoms with Crippen LogP contribution in [0.25, 0.3) is 0 Å². The van der Waals surface area contributed by atoms with Gasteiger partial charge in [0.05, 0.1) is 25.5 Å². The van der Waals surface area contributed by atoms with Crippen LogP contribution in [0.15, 0.2) is 70.4 Å². The van der Waals surface area contributed by atoms with Crippen LogP contribution >= 0.6 is 11.6 Å². The zero-order valence-corrected chi connectivity index (χ0v) is 21.0. The molecular weight excluding hydrogens is 521 g/mol. The zero-order valence-electron chi connectivity index (χ0n) is 20.2. The SMILES string of the molecule is N[C@@H](Cc1ccccc1)C(=O)OCn1c(=O)c(F)cn([C@H]2C[C@H](OCc3ccc(Cl)cc3)[C@@H](CO)O2)c1=O. The second kappa shape index (κ2) is 12.5. The van der Waals surface area contributed by atoms with Crippen LogP contribution in [0.3, 0.4) is 0 Å². The lowest BCUT2D eigenvalue weighted by Crippen LogP contribution is -2.44. The Morgan fingerprint density at radius 3 is 2.55 bits per heavy atom. The van der Waals surface area contributed by atoms with Crippen LogP contribution in [-0.2, 0) is 38.8 Å². The van der Waals surface area contributed by atoms with Gasteiger partial charge < -0.3 is 25.1 Å². The highest BCUT2D eigenvalue weighted by molar-refractivity contribution is 6.30. The summed E-state index contributed by atoms with van der Waals surface area (Å²) in [4.78, 5) is 37.8. The molecule has 1 aromatic heterocycles. The van der Waals surface area contributed by atoms with Gasteiger partial charge in [0.15, 0.2) is 6.73 Å². The molecule has 1 saturated heterocycles. The van der Waals surface area contributed by atoms with E-state index in [4.69, 9.17) is 31.5 Å². The quantitative estimate of drug-likeness (QED) is 0.366. The van der Waals surface area contributed by atoms with Gasteiger partial charge in [-0.15, -0.1) is 0 Å². The number of aromatic nitrogens is 2. The fourth-order valence-electron chi connectivity index (χ4n) is 4.09. The lowest BCUT2D eigenvalue weighted by atomic mass is 10.1. The molecular formula is C26H27ClFN3O7. The summed E-state index contributed by atoms with van der Waals surface area (Å²) in [6, 6.07) is 14.9. The second-order valence-electron chi connectivity index (χ2n) is 8.81. The number of nitrogens with two attached hydrogens (primary N) is 1. The Hall–Kier alpha value is -3.35. The van der Waals surface area contributed by atoms with Gasteiger partial charge in [-0.05, 0) is 29.7 Å². The molecule has 1 aliphatic rings. The van der Waals surface area contributed by atoms with Gasteiger partial charge in [0, 0.05) is 11.4 Å². The number of hydrogen-bond acceptors (Lipinski definition) is 8. The minimum Gasteiger partial charge on any atom is -0.442 e. The van der Waals surface area contributed by atoms with E-state index in [0.29, 0.717) is 9.59 Å². The molecule has 4 atom stereocenters. The molecule has 2 heterocycles. The summed E-state index contributed by atoms with van der Waals surface area (Å²) >= 11 is 5.90. The smallest absolute Gasteiger partial charge is 0.336 e. The summed E-state index contributed by atoms with van der Waals surface area (Å²) in [6.45, 7) is -1.05. The van der Waals surface area contributed by atoms with Gasteiger partial charge >= 0.3 is 11.7 Å². The molecule has 4 rings (SSSR count). The molecule has 3 aromatic rings. The van der Waals surface area contributed by atoms with Crippen LogP contribution in [0, 0.1) is 5.82 Å². The predicted molar refractivity (Wildman–Crippen MR) is 135 cm³/mol.